The van der Waals surface area contributed by atoms with Crippen LogP contribution >= 0.6 is 0 Å². The highest BCUT2D eigenvalue weighted by Gasteiger charge is 2.79. The summed E-state index contributed by atoms with van der Waals surface area (Å²) in [5.41, 5.74) is 0.248. The van der Waals surface area contributed by atoms with Gasteiger partial charge in [0, 0.05) is 23.7 Å². The lowest BCUT2D eigenvalue weighted by Crippen LogP contribution is -2.63. The lowest BCUT2D eigenvalue weighted by Gasteiger charge is -2.54. The molecule has 3 fully saturated rings. The summed E-state index contributed by atoms with van der Waals surface area (Å²) in [4.78, 5) is 12.0. The van der Waals surface area contributed by atoms with Crippen LogP contribution in [0.15, 0.2) is 11.1 Å². The molecule has 2 saturated carbocycles. The quantitative estimate of drug-likeness (QED) is 0.587. The van der Waals surface area contributed by atoms with Crippen LogP contribution in [0, 0.1) is 11.3 Å². The van der Waals surface area contributed by atoms with Gasteiger partial charge in [-0.15, -0.1) is 0 Å². The first-order valence-electron chi connectivity index (χ1n) is 7.68. The third kappa shape index (κ3) is 1.28. The molecule has 1 spiro atoms. The average Bonchev–Trinajstić information content (AvgIpc) is 3.09. The van der Waals surface area contributed by atoms with Gasteiger partial charge in [0.15, 0.2) is 0 Å². The minimum atomic E-state index is -1.15. The molecule has 6 unspecified atom stereocenters. The molecule has 2 aliphatic carbocycles. The minimum absolute atomic E-state index is 0.140. The normalized spacial score (nSPS) is 54.7. The van der Waals surface area contributed by atoms with Crippen molar-refractivity contribution in [2.45, 2.75) is 63.6 Å². The number of aliphatic hydroxyl groups is 1. The van der Waals surface area contributed by atoms with Gasteiger partial charge >= 0.3 is 5.97 Å². The van der Waals surface area contributed by atoms with Crippen LogP contribution in [0.5, 0.6) is 0 Å². The first kappa shape index (κ1) is 13.7. The van der Waals surface area contributed by atoms with E-state index in [0.717, 1.165) is 12.8 Å². The molecule has 0 aromatic rings. The Bertz CT molecular complexity index is 569. The maximum atomic E-state index is 12.0. The number of methoxy groups -OCH3 is 1. The topological polar surface area (TPSA) is 68.3 Å². The molecule has 2 heterocycles. The zero-order valence-corrected chi connectivity index (χ0v) is 12.9. The first-order chi connectivity index (χ1) is 9.82. The van der Waals surface area contributed by atoms with E-state index in [1.165, 1.54) is 7.11 Å². The van der Waals surface area contributed by atoms with Crippen LogP contribution in [0.25, 0.3) is 0 Å². The van der Waals surface area contributed by atoms with Crippen molar-refractivity contribution < 1.29 is 24.1 Å². The lowest BCUT2D eigenvalue weighted by molar-refractivity contribution is -0.233. The Morgan fingerprint density at radius 2 is 2.10 bits per heavy atom. The standard InChI is InChI=1S/C16H22O5/c1-8-5-6-10-15(20-10)7-16(19-4)11(9(2)13(18)21-16)12(17)14(8,15)3/h8,10,12,17H,5-7H2,1-4H3. The van der Waals surface area contributed by atoms with Gasteiger partial charge in [0.25, 0.3) is 0 Å². The van der Waals surface area contributed by atoms with Crippen LogP contribution in [0.2, 0.25) is 0 Å². The number of esters is 1. The first-order valence-corrected chi connectivity index (χ1v) is 7.68. The molecule has 0 aromatic heterocycles. The highest BCUT2D eigenvalue weighted by Crippen LogP contribution is 2.70. The number of epoxide rings is 1. The van der Waals surface area contributed by atoms with Crippen molar-refractivity contribution in [3.8, 4) is 0 Å². The number of rotatable bonds is 1. The molecule has 116 valence electrons. The van der Waals surface area contributed by atoms with Gasteiger partial charge in [0.1, 0.15) is 5.60 Å². The van der Waals surface area contributed by atoms with Gasteiger partial charge in [-0.05, 0) is 25.7 Å². The SMILES string of the molecule is COC12CC34OC3CCC(C)C4(C)C(O)C1=C(C)C(=O)O2. The predicted octanol–water partition coefficient (Wildman–Crippen LogP) is 1.54. The minimum Gasteiger partial charge on any atom is -0.425 e. The second-order valence-electron chi connectivity index (χ2n) is 7.22. The molecule has 2 aliphatic heterocycles. The average molecular weight is 294 g/mol. The highest BCUT2D eigenvalue weighted by molar-refractivity contribution is 5.92. The molecular formula is C16H22O5. The van der Waals surface area contributed by atoms with Gasteiger partial charge in [0.2, 0.25) is 5.79 Å². The fraction of sp³-hybridized carbons (Fsp3) is 0.812. The fourth-order valence-electron chi connectivity index (χ4n) is 5.04. The van der Waals surface area contributed by atoms with E-state index in [1.807, 2.05) is 0 Å². The molecule has 1 saturated heterocycles. The van der Waals surface area contributed by atoms with E-state index in [9.17, 15) is 9.90 Å². The Hall–Kier alpha value is -0.910. The van der Waals surface area contributed by atoms with E-state index in [4.69, 9.17) is 14.2 Å². The summed E-state index contributed by atoms with van der Waals surface area (Å²) in [6, 6.07) is 0. The number of carbonyl (C=O) groups excluding carboxylic acids is 1. The highest BCUT2D eigenvalue weighted by atomic mass is 16.7. The summed E-state index contributed by atoms with van der Waals surface area (Å²) in [5, 5.41) is 11.1. The second-order valence-corrected chi connectivity index (χ2v) is 7.22. The Morgan fingerprint density at radius 3 is 2.76 bits per heavy atom. The molecule has 21 heavy (non-hydrogen) atoms. The Balaban J connectivity index is 1.90. The summed E-state index contributed by atoms with van der Waals surface area (Å²) in [6.07, 6.45) is 1.87. The number of hydrogen-bond donors (Lipinski definition) is 1. The van der Waals surface area contributed by atoms with E-state index in [2.05, 4.69) is 13.8 Å². The van der Waals surface area contributed by atoms with Crippen molar-refractivity contribution in [2.75, 3.05) is 7.11 Å². The molecule has 0 aromatic carbocycles. The van der Waals surface area contributed by atoms with Crippen LogP contribution in [0.1, 0.15) is 40.0 Å². The molecule has 0 radical (unpaired) electrons. The van der Waals surface area contributed by atoms with E-state index in [1.54, 1.807) is 6.92 Å². The summed E-state index contributed by atoms with van der Waals surface area (Å²) in [7, 11) is 1.53. The van der Waals surface area contributed by atoms with E-state index in [0.29, 0.717) is 23.5 Å². The smallest absolute Gasteiger partial charge is 0.336 e. The maximum absolute atomic E-state index is 12.0. The summed E-state index contributed by atoms with van der Waals surface area (Å²) < 4.78 is 17.2. The third-order valence-corrected chi connectivity index (χ3v) is 6.66. The Morgan fingerprint density at radius 1 is 1.38 bits per heavy atom. The van der Waals surface area contributed by atoms with E-state index in [-0.39, 0.29) is 6.10 Å². The van der Waals surface area contributed by atoms with Gasteiger partial charge < -0.3 is 19.3 Å². The fourth-order valence-corrected chi connectivity index (χ4v) is 5.04. The third-order valence-electron chi connectivity index (χ3n) is 6.66. The van der Waals surface area contributed by atoms with Gasteiger partial charge in [-0.2, -0.15) is 0 Å². The van der Waals surface area contributed by atoms with Crippen LogP contribution < -0.4 is 0 Å². The van der Waals surface area contributed by atoms with Crippen molar-refractivity contribution in [2.24, 2.45) is 11.3 Å². The molecule has 0 bridgehead atoms. The largest absolute Gasteiger partial charge is 0.425 e. The molecule has 6 atom stereocenters. The van der Waals surface area contributed by atoms with Gasteiger partial charge in [-0.25, -0.2) is 4.79 Å². The van der Waals surface area contributed by atoms with Crippen LogP contribution in [0.3, 0.4) is 0 Å². The number of ether oxygens (including phenoxy) is 3. The Labute approximate surface area is 124 Å². The zero-order chi connectivity index (χ0) is 15.2. The summed E-state index contributed by atoms with van der Waals surface area (Å²) in [6.45, 7) is 5.96. The van der Waals surface area contributed by atoms with Crippen molar-refractivity contribution >= 4 is 5.97 Å². The van der Waals surface area contributed by atoms with Crippen molar-refractivity contribution in [3.05, 3.63) is 11.1 Å². The maximum Gasteiger partial charge on any atom is 0.336 e. The number of hydrogen-bond acceptors (Lipinski definition) is 5. The molecule has 1 N–H and O–H groups in total. The van der Waals surface area contributed by atoms with E-state index < -0.39 is 28.9 Å². The van der Waals surface area contributed by atoms with Gasteiger partial charge in [0.05, 0.1) is 18.6 Å². The Kier molecular flexibility index (Phi) is 2.42. The molecular weight excluding hydrogens is 272 g/mol. The summed E-state index contributed by atoms with van der Waals surface area (Å²) >= 11 is 0. The second kappa shape index (κ2) is 3.70. The number of carbonyl (C=O) groups is 1. The van der Waals surface area contributed by atoms with Crippen LogP contribution in [-0.2, 0) is 19.0 Å². The van der Waals surface area contributed by atoms with Crippen molar-refractivity contribution in [1.82, 2.24) is 0 Å². The lowest BCUT2D eigenvalue weighted by atomic mass is 9.52. The molecule has 5 nitrogen and oxygen atoms in total. The molecule has 4 aliphatic rings. The van der Waals surface area contributed by atoms with Crippen LogP contribution in [-0.4, -0.2) is 41.8 Å². The van der Waals surface area contributed by atoms with Crippen molar-refractivity contribution in [3.63, 3.8) is 0 Å². The van der Waals surface area contributed by atoms with Gasteiger partial charge in [-0.1, -0.05) is 13.8 Å². The molecule has 5 heteroatoms. The van der Waals surface area contributed by atoms with Gasteiger partial charge in [-0.3, -0.25) is 0 Å². The van der Waals surface area contributed by atoms with Crippen LogP contribution in [0.4, 0.5) is 0 Å². The molecule has 0 amide bonds. The predicted molar refractivity (Wildman–Crippen MR) is 73.3 cm³/mol. The van der Waals surface area contributed by atoms with Crippen molar-refractivity contribution in [1.29, 1.82) is 0 Å². The number of aliphatic hydroxyl groups excluding tert-OH is 1. The zero-order valence-electron chi connectivity index (χ0n) is 12.9. The number of fused-ring (bicyclic) bond motifs is 1. The molecule has 4 rings (SSSR count). The monoisotopic (exact) mass is 294 g/mol. The van der Waals surface area contributed by atoms with E-state index >= 15 is 0 Å². The summed E-state index contributed by atoms with van der Waals surface area (Å²) in [5.74, 6) is -1.22.